The quantitative estimate of drug-likeness (QED) is 0.569. The molecule has 0 saturated heterocycles. The molecule has 1 aromatic carbocycles. The van der Waals surface area contributed by atoms with Gasteiger partial charge in [-0.05, 0) is 31.2 Å². The van der Waals surface area contributed by atoms with E-state index in [4.69, 9.17) is 0 Å². The molecule has 1 heteroatoms. The van der Waals surface area contributed by atoms with E-state index in [1.807, 2.05) is 12.1 Å². The van der Waals surface area contributed by atoms with E-state index in [1.165, 1.54) is 12.0 Å². The molecule has 0 spiro atoms. The zero-order chi connectivity index (χ0) is 13.7. The summed E-state index contributed by atoms with van der Waals surface area (Å²) in [6.45, 7) is 5.97. The Balaban J connectivity index is 2.29. The zero-order valence-corrected chi connectivity index (χ0v) is 11.9. The number of allylic oxidation sites excluding steroid dienone is 1. The van der Waals surface area contributed by atoms with Gasteiger partial charge in [0, 0.05) is 11.3 Å². The predicted molar refractivity (Wildman–Crippen MR) is 80.0 cm³/mol. The van der Waals surface area contributed by atoms with E-state index >= 15 is 0 Å². The lowest BCUT2D eigenvalue weighted by Gasteiger charge is -2.32. The van der Waals surface area contributed by atoms with Crippen LogP contribution in [-0.4, -0.2) is 5.78 Å². The average Bonchev–Trinajstić information content (AvgIpc) is 2.55. The molecule has 1 aromatic rings. The molecule has 0 amide bonds. The maximum absolute atomic E-state index is 12.8. The minimum Gasteiger partial charge on any atom is -0.299 e. The van der Waals surface area contributed by atoms with Crippen molar-refractivity contribution in [1.29, 1.82) is 0 Å². The SMILES string of the molecule is C=CC[C@]1(Cc2ccccc2)CCCC[C@@H](C)C1=O. The Bertz CT molecular complexity index is 434. The van der Waals surface area contributed by atoms with Crippen molar-refractivity contribution < 1.29 is 4.79 Å². The number of carbonyl (C=O) groups excluding carboxylic acids is 1. The van der Waals surface area contributed by atoms with Crippen molar-refractivity contribution in [3.8, 4) is 0 Å². The standard InChI is InChI=1S/C18H24O/c1-3-12-18(14-16-10-5-4-6-11-16)13-8-7-9-15(2)17(18)19/h3-6,10-11,15H,1,7-9,12-14H2,2H3/t15-,18-/m1/s1. The third-order valence-corrected chi connectivity index (χ3v) is 4.43. The minimum absolute atomic E-state index is 0.200. The van der Waals surface area contributed by atoms with Gasteiger partial charge in [0.2, 0.25) is 0 Å². The van der Waals surface area contributed by atoms with Crippen molar-refractivity contribution in [2.24, 2.45) is 11.3 Å². The average molecular weight is 256 g/mol. The Morgan fingerprint density at radius 3 is 2.74 bits per heavy atom. The van der Waals surface area contributed by atoms with Gasteiger partial charge in [0.1, 0.15) is 5.78 Å². The van der Waals surface area contributed by atoms with Crippen molar-refractivity contribution in [2.45, 2.75) is 45.4 Å². The van der Waals surface area contributed by atoms with Gasteiger partial charge in [0.15, 0.2) is 0 Å². The van der Waals surface area contributed by atoms with Crippen LogP contribution >= 0.6 is 0 Å². The van der Waals surface area contributed by atoms with Gasteiger partial charge in [0.05, 0.1) is 0 Å². The molecule has 2 atom stereocenters. The third-order valence-electron chi connectivity index (χ3n) is 4.43. The number of hydrogen-bond donors (Lipinski definition) is 0. The van der Waals surface area contributed by atoms with Crippen molar-refractivity contribution in [3.05, 3.63) is 48.6 Å². The lowest BCUT2D eigenvalue weighted by Crippen LogP contribution is -2.35. The molecule has 0 bridgehead atoms. The maximum Gasteiger partial charge on any atom is 0.142 e. The first-order valence-electron chi connectivity index (χ1n) is 7.37. The summed E-state index contributed by atoms with van der Waals surface area (Å²) in [4.78, 5) is 12.8. The van der Waals surface area contributed by atoms with E-state index in [9.17, 15) is 4.79 Å². The Labute approximate surface area is 116 Å². The number of carbonyl (C=O) groups is 1. The fourth-order valence-electron chi connectivity index (χ4n) is 3.40. The predicted octanol–water partition coefficient (Wildman–Crippen LogP) is 4.57. The van der Waals surface area contributed by atoms with Crippen LogP contribution in [0, 0.1) is 11.3 Å². The van der Waals surface area contributed by atoms with Crippen molar-refractivity contribution in [3.63, 3.8) is 0 Å². The number of ketones is 1. The number of Topliss-reactive ketones (excluding diaryl/α,β-unsaturated/α-hetero) is 1. The van der Waals surface area contributed by atoms with Gasteiger partial charge in [-0.2, -0.15) is 0 Å². The second-order valence-electron chi connectivity index (χ2n) is 5.95. The lowest BCUT2D eigenvalue weighted by molar-refractivity contribution is -0.132. The smallest absolute Gasteiger partial charge is 0.142 e. The molecule has 2 rings (SSSR count). The van der Waals surface area contributed by atoms with Crippen LogP contribution in [0.1, 0.15) is 44.6 Å². The molecule has 0 heterocycles. The molecular weight excluding hydrogens is 232 g/mol. The molecule has 102 valence electrons. The van der Waals surface area contributed by atoms with E-state index in [2.05, 4.69) is 37.8 Å². The number of benzene rings is 1. The zero-order valence-electron chi connectivity index (χ0n) is 11.9. The van der Waals surface area contributed by atoms with Crippen LogP contribution in [0.5, 0.6) is 0 Å². The molecule has 1 aliphatic rings. The van der Waals surface area contributed by atoms with Crippen LogP contribution < -0.4 is 0 Å². The fourth-order valence-corrected chi connectivity index (χ4v) is 3.40. The first kappa shape index (κ1) is 14.0. The summed E-state index contributed by atoms with van der Waals surface area (Å²) in [5, 5.41) is 0. The molecule has 1 saturated carbocycles. The van der Waals surface area contributed by atoms with Gasteiger partial charge >= 0.3 is 0 Å². The van der Waals surface area contributed by atoms with Crippen LogP contribution in [0.3, 0.4) is 0 Å². The van der Waals surface area contributed by atoms with Gasteiger partial charge in [-0.25, -0.2) is 0 Å². The molecule has 1 fully saturated rings. The van der Waals surface area contributed by atoms with Crippen LogP contribution in [0.4, 0.5) is 0 Å². The van der Waals surface area contributed by atoms with Crippen molar-refractivity contribution in [2.75, 3.05) is 0 Å². The molecular formula is C18H24O. The summed E-state index contributed by atoms with van der Waals surface area (Å²) in [5.41, 5.74) is 1.06. The lowest BCUT2D eigenvalue weighted by atomic mass is 9.70. The maximum atomic E-state index is 12.8. The molecule has 0 aromatic heterocycles. The summed E-state index contributed by atoms with van der Waals surface area (Å²) in [5.74, 6) is 0.653. The van der Waals surface area contributed by atoms with E-state index in [0.29, 0.717) is 5.78 Å². The van der Waals surface area contributed by atoms with Crippen LogP contribution in [0.25, 0.3) is 0 Å². The Morgan fingerprint density at radius 2 is 2.05 bits per heavy atom. The van der Waals surface area contributed by atoms with Crippen LogP contribution in [-0.2, 0) is 11.2 Å². The largest absolute Gasteiger partial charge is 0.299 e. The Kier molecular flexibility index (Phi) is 4.57. The van der Waals surface area contributed by atoms with E-state index in [1.54, 1.807) is 0 Å². The molecule has 0 unspecified atom stereocenters. The summed E-state index contributed by atoms with van der Waals surface area (Å²) in [6.07, 6.45) is 8.01. The van der Waals surface area contributed by atoms with Gasteiger partial charge in [0.25, 0.3) is 0 Å². The van der Waals surface area contributed by atoms with Gasteiger partial charge in [-0.3, -0.25) is 4.79 Å². The van der Waals surface area contributed by atoms with Crippen molar-refractivity contribution in [1.82, 2.24) is 0 Å². The first-order valence-corrected chi connectivity index (χ1v) is 7.37. The number of hydrogen-bond acceptors (Lipinski definition) is 1. The molecule has 0 N–H and O–H groups in total. The highest BCUT2D eigenvalue weighted by Crippen LogP contribution is 2.40. The van der Waals surface area contributed by atoms with Gasteiger partial charge in [-0.1, -0.05) is 56.2 Å². The van der Waals surface area contributed by atoms with E-state index < -0.39 is 0 Å². The van der Waals surface area contributed by atoms with Crippen LogP contribution in [0.2, 0.25) is 0 Å². The monoisotopic (exact) mass is 256 g/mol. The van der Waals surface area contributed by atoms with E-state index in [0.717, 1.165) is 32.1 Å². The molecule has 1 nitrogen and oxygen atoms in total. The summed E-state index contributed by atoms with van der Waals surface area (Å²) in [7, 11) is 0. The molecule has 1 aliphatic carbocycles. The second-order valence-corrected chi connectivity index (χ2v) is 5.95. The summed E-state index contributed by atoms with van der Waals surface area (Å²) < 4.78 is 0. The first-order chi connectivity index (χ1) is 9.18. The Morgan fingerprint density at radius 1 is 1.32 bits per heavy atom. The molecule has 0 aliphatic heterocycles. The highest BCUT2D eigenvalue weighted by Gasteiger charge is 2.40. The normalized spacial score (nSPS) is 27.8. The van der Waals surface area contributed by atoms with Gasteiger partial charge in [-0.15, -0.1) is 6.58 Å². The van der Waals surface area contributed by atoms with Crippen LogP contribution in [0.15, 0.2) is 43.0 Å². The molecule has 0 radical (unpaired) electrons. The third kappa shape index (κ3) is 3.15. The minimum atomic E-state index is -0.209. The molecule has 19 heavy (non-hydrogen) atoms. The second kappa shape index (κ2) is 6.18. The van der Waals surface area contributed by atoms with Gasteiger partial charge < -0.3 is 0 Å². The topological polar surface area (TPSA) is 17.1 Å². The summed E-state index contributed by atoms with van der Waals surface area (Å²) >= 11 is 0. The Hall–Kier alpha value is -1.37. The fraction of sp³-hybridized carbons (Fsp3) is 0.500. The van der Waals surface area contributed by atoms with Crippen molar-refractivity contribution >= 4 is 5.78 Å². The highest BCUT2D eigenvalue weighted by molar-refractivity contribution is 5.87. The number of rotatable bonds is 4. The summed E-state index contributed by atoms with van der Waals surface area (Å²) in [6, 6.07) is 10.4. The van der Waals surface area contributed by atoms with E-state index in [-0.39, 0.29) is 11.3 Å². The highest BCUT2D eigenvalue weighted by atomic mass is 16.1.